The molecule has 0 unspecified atom stereocenters. The molecule has 18 heavy (non-hydrogen) atoms. The molecular weight excluding hydrogens is 248 g/mol. The smallest absolute Gasteiger partial charge is 0.136 e. The first kappa shape index (κ1) is 12.8. The van der Waals surface area contributed by atoms with Crippen molar-refractivity contribution in [2.24, 2.45) is 0 Å². The van der Waals surface area contributed by atoms with Crippen LogP contribution in [0.25, 0.3) is 11.3 Å². The molecule has 0 atom stereocenters. The number of benzene rings is 1. The molecule has 0 aliphatic carbocycles. The third-order valence-corrected chi connectivity index (χ3v) is 2.98. The molecule has 2 aromatic rings. The maximum atomic E-state index is 6.09. The summed E-state index contributed by atoms with van der Waals surface area (Å²) in [6.45, 7) is 6.36. The van der Waals surface area contributed by atoms with Crippen molar-refractivity contribution in [2.45, 2.75) is 20.8 Å². The number of aryl methyl sites for hydroxylation is 1. The molecule has 3 nitrogen and oxygen atoms in total. The number of hydrogen-bond donors (Lipinski definition) is 0. The highest BCUT2D eigenvalue weighted by Gasteiger charge is 2.10. The van der Waals surface area contributed by atoms with Gasteiger partial charge >= 0.3 is 0 Å². The van der Waals surface area contributed by atoms with E-state index in [9.17, 15) is 0 Å². The lowest BCUT2D eigenvalue weighted by Crippen LogP contribution is -1.97. The fraction of sp³-hybridized carbons (Fsp3) is 0.286. The van der Waals surface area contributed by atoms with Gasteiger partial charge in [0.2, 0.25) is 0 Å². The van der Waals surface area contributed by atoms with Crippen LogP contribution in [0, 0.1) is 13.8 Å². The molecular formula is C14H15ClN2O. The van der Waals surface area contributed by atoms with Crippen molar-refractivity contribution in [3.05, 3.63) is 40.8 Å². The van der Waals surface area contributed by atoms with Gasteiger partial charge in [0.15, 0.2) is 0 Å². The van der Waals surface area contributed by atoms with E-state index < -0.39 is 0 Å². The van der Waals surface area contributed by atoms with E-state index >= 15 is 0 Å². The van der Waals surface area contributed by atoms with Gasteiger partial charge in [-0.25, -0.2) is 9.97 Å². The SMILES string of the molecule is CCOc1cccc(-c2nc(C)nc(Cl)c2C)c1. The lowest BCUT2D eigenvalue weighted by molar-refractivity contribution is 0.340. The third-order valence-electron chi connectivity index (χ3n) is 2.62. The highest BCUT2D eigenvalue weighted by molar-refractivity contribution is 6.30. The van der Waals surface area contributed by atoms with Crippen LogP contribution < -0.4 is 4.74 Å². The summed E-state index contributed by atoms with van der Waals surface area (Å²) in [6.07, 6.45) is 0. The van der Waals surface area contributed by atoms with Gasteiger partial charge in [0, 0.05) is 11.1 Å². The summed E-state index contributed by atoms with van der Waals surface area (Å²) in [5.74, 6) is 1.50. The zero-order valence-corrected chi connectivity index (χ0v) is 11.5. The van der Waals surface area contributed by atoms with Gasteiger partial charge in [0.05, 0.1) is 12.3 Å². The summed E-state index contributed by atoms with van der Waals surface area (Å²) >= 11 is 6.09. The maximum Gasteiger partial charge on any atom is 0.136 e. The van der Waals surface area contributed by atoms with Gasteiger partial charge < -0.3 is 4.74 Å². The van der Waals surface area contributed by atoms with Gasteiger partial charge in [0.25, 0.3) is 0 Å². The number of aromatic nitrogens is 2. The summed E-state index contributed by atoms with van der Waals surface area (Å²) in [5.41, 5.74) is 2.73. The Morgan fingerprint density at radius 1 is 1.22 bits per heavy atom. The Labute approximate surface area is 112 Å². The number of hydrogen-bond acceptors (Lipinski definition) is 3. The Bertz CT molecular complexity index is 570. The molecule has 0 amide bonds. The van der Waals surface area contributed by atoms with Crippen molar-refractivity contribution in [2.75, 3.05) is 6.61 Å². The van der Waals surface area contributed by atoms with Crippen LogP contribution in [-0.4, -0.2) is 16.6 Å². The normalized spacial score (nSPS) is 10.4. The van der Waals surface area contributed by atoms with Gasteiger partial charge in [-0.1, -0.05) is 23.7 Å². The molecule has 0 aliphatic heterocycles. The first-order chi connectivity index (χ1) is 8.61. The molecule has 1 heterocycles. The van der Waals surface area contributed by atoms with Gasteiger partial charge in [-0.2, -0.15) is 0 Å². The zero-order valence-electron chi connectivity index (χ0n) is 10.7. The predicted octanol–water partition coefficient (Wildman–Crippen LogP) is 3.81. The molecule has 0 saturated heterocycles. The average Bonchev–Trinajstić information content (AvgIpc) is 2.34. The highest BCUT2D eigenvalue weighted by atomic mass is 35.5. The van der Waals surface area contributed by atoms with Crippen molar-refractivity contribution in [1.82, 2.24) is 9.97 Å². The van der Waals surface area contributed by atoms with Crippen LogP contribution in [0.1, 0.15) is 18.3 Å². The molecule has 0 N–H and O–H groups in total. The highest BCUT2D eigenvalue weighted by Crippen LogP contribution is 2.28. The third kappa shape index (κ3) is 2.62. The summed E-state index contributed by atoms with van der Waals surface area (Å²) in [5, 5.41) is 0.499. The van der Waals surface area contributed by atoms with Gasteiger partial charge in [-0.15, -0.1) is 0 Å². The fourth-order valence-electron chi connectivity index (χ4n) is 1.78. The van der Waals surface area contributed by atoms with E-state index in [-0.39, 0.29) is 0 Å². The molecule has 0 radical (unpaired) electrons. The van der Waals surface area contributed by atoms with Gasteiger partial charge in [-0.05, 0) is 32.9 Å². The maximum absolute atomic E-state index is 6.09. The largest absolute Gasteiger partial charge is 0.494 e. The molecule has 1 aromatic carbocycles. The second-order valence-corrected chi connectivity index (χ2v) is 4.35. The second-order valence-electron chi connectivity index (χ2n) is 4.00. The number of rotatable bonds is 3. The molecule has 0 bridgehead atoms. The molecule has 0 fully saturated rings. The van der Waals surface area contributed by atoms with E-state index in [1.165, 1.54) is 0 Å². The average molecular weight is 263 g/mol. The Morgan fingerprint density at radius 3 is 2.72 bits per heavy atom. The lowest BCUT2D eigenvalue weighted by Gasteiger charge is -2.09. The molecule has 0 spiro atoms. The monoisotopic (exact) mass is 262 g/mol. The van der Waals surface area contributed by atoms with Crippen LogP contribution in [0.15, 0.2) is 24.3 Å². The van der Waals surface area contributed by atoms with E-state index in [4.69, 9.17) is 16.3 Å². The van der Waals surface area contributed by atoms with E-state index in [0.29, 0.717) is 17.6 Å². The summed E-state index contributed by atoms with van der Waals surface area (Å²) < 4.78 is 5.49. The fourth-order valence-corrected chi connectivity index (χ4v) is 1.99. The quantitative estimate of drug-likeness (QED) is 0.789. The minimum Gasteiger partial charge on any atom is -0.494 e. The molecule has 2 rings (SSSR count). The molecule has 94 valence electrons. The topological polar surface area (TPSA) is 35.0 Å². The summed E-state index contributed by atoms with van der Waals surface area (Å²) in [7, 11) is 0. The van der Waals surface area contributed by atoms with Crippen molar-refractivity contribution >= 4 is 11.6 Å². The van der Waals surface area contributed by atoms with Crippen LogP contribution in [0.3, 0.4) is 0 Å². The summed E-state index contributed by atoms with van der Waals surface area (Å²) in [4.78, 5) is 8.60. The van der Waals surface area contributed by atoms with E-state index in [1.807, 2.05) is 45.0 Å². The van der Waals surface area contributed by atoms with Crippen LogP contribution in [0.5, 0.6) is 5.75 Å². The van der Waals surface area contributed by atoms with Gasteiger partial charge in [-0.3, -0.25) is 0 Å². The second kappa shape index (κ2) is 5.36. The Kier molecular flexibility index (Phi) is 3.82. The molecule has 1 aromatic heterocycles. The van der Waals surface area contributed by atoms with E-state index in [2.05, 4.69) is 9.97 Å². The minimum atomic E-state index is 0.499. The lowest BCUT2D eigenvalue weighted by atomic mass is 10.1. The number of nitrogens with zero attached hydrogens (tertiary/aromatic N) is 2. The first-order valence-corrected chi connectivity index (χ1v) is 6.23. The van der Waals surface area contributed by atoms with Crippen molar-refractivity contribution in [3.8, 4) is 17.0 Å². The van der Waals surface area contributed by atoms with Crippen LogP contribution >= 0.6 is 11.6 Å². The molecule has 0 saturated carbocycles. The predicted molar refractivity (Wildman–Crippen MR) is 73.1 cm³/mol. The molecule has 0 aliphatic rings. The van der Waals surface area contributed by atoms with Crippen molar-refractivity contribution in [1.29, 1.82) is 0 Å². The minimum absolute atomic E-state index is 0.499. The number of halogens is 1. The molecule has 4 heteroatoms. The van der Waals surface area contributed by atoms with E-state index in [1.54, 1.807) is 0 Å². The van der Waals surface area contributed by atoms with E-state index in [0.717, 1.165) is 22.6 Å². The van der Waals surface area contributed by atoms with Crippen LogP contribution in [-0.2, 0) is 0 Å². The number of ether oxygens (including phenoxy) is 1. The van der Waals surface area contributed by atoms with Crippen molar-refractivity contribution in [3.63, 3.8) is 0 Å². The van der Waals surface area contributed by atoms with Crippen LogP contribution in [0.4, 0.5) is 0 Å². The van der Waals surface area contributed by atoms with Crippen LogP contribution in [0.2, 0.25) is 5.15 Å². The Balaban J connectivity index is 2.51. The van der Waals surface area contributed by atoms with Crippen molar-refractivity contribution < 1.29 is 4.74 Å². The zero-order chi connectivity index (χ0) is 13.1. The standard InChI is InChI=1S/C14H15ClN2O/c1-4-18-12-7-5-6-11(8-12)13-9(2)14(15)17-10(3)16-13/h5-8H,4H2,1-3H3. The first-order valence-electron chi connectivity index (χ1n) is 5.85. The summed E-state index contributed by atoms with van der Waals surface area (Å²) in [6, 6.07) is 7.84. The Morgan fingerprint density at radius 2 is 2.00 bits per heavy atom. The van der Waals surface area contributed by atoms with Gasteiger partial charge in [0.1, 0.15) is 16.7 Å². The Hall–Kier alpha value is -1.61.